The van der Waals surface area contributed by atoms with Crippen molar-refractivity contribution >= 4 is 23.4 Å². The van der Waals surface area contributed by atoms with Gasteiger partial charge >= 0.3 is 0 Å². The number of halogens is 1. The van der Waals surface area contributed by atoms with Gasteiger partial charge in [0.05, 0.1) is 12.8 Å². The lowest BCUT2D eigenvalue weighted by Crippen LogP contribution is -2.47. The van der Waals surface area contributed by atoms with Gasteiger partial charge in [-0.3, -0.25) is 4.79 Å². The number of hydrogen-bond acceptors (Lipinski definition) is 7. The van der Waals surface area contributed by atoms with Crippen LogP contribution < -0.4 is 14.7 Å². The van der Waals surface area contributed by atoms with Crippen molar-refractivity contribution in [2.75, 3.05) is 40.9 Å². The van der Waals surface area contributed by atoms with Crippen molar-refractivity contribution in [1.82, 2.24) is 15.0 Å². The minimum Gasteiger partial charge on any atom is -0.459 e. The largest absolute Gasteiger partial charge is 0.459 e. The van der Waals surface area contributed by atoms with Crippen LogP contribution in [0.1, 0.15) is 16.1 Å². The molecule has 9 heteroatoms. The summed E-state index contributed by atoms with van der Waals surface area (Å²) in [5, 5.41) is 0. The normalized spacial score (nSPS) is 13.7. The van der Waals surface area contributed by atoms with Crippen molar-refractivity contribution in [3.8, 4) is 0 Å². The predicted octanol–water partition coefficient (Wildman–Crippen LogP) is 3.78. The van der Waals surface area contributed by atoms with Crippen LogP contribution in [0.2, 0.25) is 0 Å². The maximum atomic E-state index is 13.4. The highest BCUT2D eigenvalue weighted by molar-refractivity contribution is 6.04. The molecule has 1 fully saturated rings. The molecule has 0 aliphatic carbocycles. The van der Waals surface area contributed by atoms with E-state index in [0.717, 1.165) is 43.5 Å². The maximum absolute atomic E-state index is 13.4. The minimum atomic E-state index is -0.362. The van der Waals surface area contributed by atoms with Crippen LogP contribution in [0.15, 0.2) is 83.9 Å². The summed E-state index contributed by atoms with van der Waals surface area (Å²) in [6.07, 6.45) is 6.73. The molecule has 1 aliphatic rings. The predicted molar refractivity (Wildman–Crippen MR) is 126 cm³/mol. The monoisotopic (exact) mass is 458 g/mol. The first-order valence-electron chi connectivity index (χ1n) is 11.0. The second-order valence-corrected chi connectivity index (χ2v) is 7.89. The Hall–Kier alpha value is -4.27. The van der Waals surface area contributed by atoms with Gasteiger partial charge in [0.1, 0.15) is 11.6 Å². The van der Waals surface area contributed by atoms with Gasteiger partial charge in [-0.2, -0.15) is 0 Å². The highest BCUT2D eigenvalue weighted by atomic mass is 19.1. The van der Waals surface area contributed by atoms with Gasteiger partial charge in [0.2, 0.25) is 5.95 Å². The van der Waals surface area contributed by atoms with E-state index in [2.05, 4.69) is 24.8 Å². The molecule has 1 aliphatic heterocycles. The smallest absolute Gasteiger partial charge is 0.294 e. The average Bonchev–Trinajstić information content (AvgIpc) is 3.44. The highest BCUT2D eigenvalue weighted by Crippen LogP contribution is 2.22. The molecule has 1 aromatic carbocycles. The number of furan rings is 1. The summed E-state index contributed by atoms with van der Waals surface area (Å²) in [5.41, 5.74) is 1.43. The topological polar surface area (TPSA) is 78.6 Å². The number of carbonyl (C=O) groups excluding carboxylic acids is 1. The summed E-state index contributed by atoms with van der Waals surface area (Å²) in [4.78, 5) is 32.3. The Morgan fingerprint density at radius 3 is 2.29 bits per heavy atom. The average molecular weight is 458 g/mol. The van der Waals surface area contributed by atoms with Crippen LogP contribution in [0.5, 0.6) is 0 Å². The van der Waals surface area contributed by atoms with Gasteiger partial charge in [0.25, 0.3) is 5.91 Å². The molecule has 1 saturated heterocycles. The fourth-order valence-electron chi connectivity index (χ4n) is 3.90. The molecule has 0 atom stereocenters. The van der Waals surface area contributed by atoms with Crippen molar-refractivity contribution in [2.24, 2.45) is 0 Å². The molecule has 0 spiro atoms. The van der Waals surface area contributed by atoms with Crippen LogP contribution >= 0.6 is 0 Å². The molecule has 4 aromatic rings. The third kappa shape index (κ3) is 4.73. The van der Waals surface area contributed by atoms with Gasteiger partial charge in [-0.05, 0) is 54.1 Å². The van der Waals surface area contributed by atoms with Crippen LogP contribution in [0.25, 0.3) is 0 Å². The molecule has 34 heavy (non-hydrogen) atoms. The Balaban J connectivity index is 1.28. The first-order chi connectivity index (χ1) is 16.7. The Morgan fingerprint density at radius 2 is 1.65 bits per heavy atom. The highest BCUT2D eigenvalue weighted by Gasteiger charge is 2.22. The third-order valence-corrected chi connectivity index (χ3v) is 5.70. The molecule has 0 radical (unpaired) electrons. The van der Waals surface area contributed by atoms with Gasteiger partial charge in [-0.15, -0.1) is 0 Å². The number of aromatic nitrogens is 3. The molecule has 0 saturated carbocycles. The molecular formula is C25H23FN6O2. The zero-order valence-electron chi connectivity index (χ0n) is 18.4. The van der Waals surface area contributed by atoms with Gasteiger partial charge < -0.3 is 19.1 Å². The number of benzene rings is 1. The first kappa shape index (κ1) is 21.6. The third-order valence-electron chi connectivity index (χ3n) is 5.70. The standard InChI is InChI=1S/C25H23FN6O2/c26-20-5-7-21(8-6-20)32(24(33)22-3-1-16-34-22)18-19-4-9-23(29-17-19)30-12-14-31(15-13-30)25-27-10-2-11-28-25/h1-11,16-17H,12-15,18H2. The van der Waals surface area contributed by atoms with Crippen molar-refractivity contribution in [3.05, 3.63) is 96.6 Å². The van der Waals surface area contributed by atoms with Gasteiger partial charge in [-0.1, -0.05) is 6.07 Å². The molecule has 1 amide bonds. The van der Waals surface area contributed by atoms with Crippen LogP contribution in [0, 0.1) is 5.82 Å². The van der Waals surface area contributed by atoms with Crippen molar-refractivity contribution in [2.45, 2.75) is 6.54 Å². The summed E-state index contributed by atoms with van der Waals surface area (Å²) < 4.78 is 18.7. The van der Waals surface area contributed by atoms with Gasteiger partial charge in [0.15, 0.2) is 5.76 Å². The second-order valence-electron chi connectivity index (χ2n) is 7.89. The zero-order chi connectivity index (χ0) is 23.3. The molecule has 0 N–H and O–H groups in total. The van der Waals surface area contributed by atoms with Crippen LogP contribution in [0.4, 0.5) is 21.8 Å². The number of hydrogen-bond donors (Lipinski definition) is 0. The SMILES string of the molecule is O=C(c1ccco1)N(Cc1ccc(N2CCN(c3ncccn3)CC2)nc1)c1ccc(F)cc1. The molecule has 5 rings (SSSR count). The van der Waals surface area contributed by atoms with E-state index in [1.807, 2.05) is 18.2 Å². The molecule has 4 heterocycles. The number of pyridine rings is 1. The van der Waals surface area contributed by atoms with E-state index in [-0.39, 0.29) is 24.0 Å². The van der Waals surface area contributed by atoms with E-state index in [1.54, 1.807) is 47.8 Å². The van der Waals surface area contributed by atoms with E-state index < -0.39 is 0 Å². The maximum Gasteiger partial charge on any atom is 0.294 e. The summed E-state index contributed by atoms with van der Waals surface area (Å²) in [7, 11) is 0. The fourth-order valence-corrected chi connectivity index (χ4v) is 3.90. The number of anilines is 3. The van der Waals surface area contributed by atoms with Crippen LogP contribution in [0.3, 0.4) is 0 Å². The lowest BCUT2D eigenvalue weighted by Gasteiger charge is -2.35. The van der Waals surface area contributed by atoms with Crippen molar-refractivity contribution in [3.63, 3.8) is 0 Å². The minimum absolute atomic E-state index is 0.217. The first-order valence-corrected chi connectivity index (χ1v) is 11.0. The summed E-state index contributed by atoms with van der Waals surface area (Å²) in [5.74, 6) is 1.17. The summed E-state index contributed by atoms with van der Waals surface area (Å²) in [6.45, 7) is 3.51. The van der Waals surface area contributed by atoms with E-state index in [1.165, 1.54) is 18.4 Å². The van der Waals surface area contributed by atoms with E-state index in [4.69, 9.17) is 4.42 Å². The Labute approximate surface area is 196 Å². The fraction of sp³-hybridized carbons (Fsp3) is 0.200. The lowest BCUT2D eigenvalue weighted by molar-refractivity contribution is 0.0958. The lowest BCUT2D eigenvalue weighted by atomic mass is 10.2. The van der Waals surface area contributed by atoms with E-state index in [9.17, 15) is 9.18 Å². The van der Waals surface area contributed by atoms with E-state index >= 15 is 0 Å². The van der Waals surface area contributed by atoms with Crippen molar-refractivity contribution < 1.29 is 13.6 Å². The Bertz CT molecular complexity index is 1210. The van der Waals surface area contributed by atoms with Crippen LogP contribution in [-0.2, 0) is 6.54 Å². The molecule has 8 nitrogen and oxygen atoms in total. The quantitative estimate of drug-likeness (QED) is 0.435. The van der Waals surface area contributed by atoms with Gasteiger partial charge in [-0.25, -0.2) is 19.3 Å². The zero-order valence-corrected chi connectivity index (χ0v) is 18.4. The Kier molecular flexibility index (Phi) is 6.15. The molecule has 0 bridgehead atoms. The van der Waals surface area contributed by atoms with E-state index in [0.29, 0.717) is 5.69 Å². The molecular weight excluding hydrogens is 435 g/mol. The van der Waals surface area contributed by atoms with Crippen molar-refractivity contribution in [1.29, 1.82) is 0 Å². The number of nitrogens with zero attached hydrogens (tertiary/aromatic N) is 6. The Morgan fingerprint density at radius 1 is 0.912 bits per heavy atom. The second kappa shape index (κ2) is 9.70. The molecule has 172 valence electrons. The number of carbonyl (C=O) groups is 1. The number of amides is 1. The summed E-state index contributed by atoms with van der Waals surface area (Å²) >= 11 is 0. The van der Waals surface area contributed by atoms with Gasteiger partial charge in [0, 0.05) is 50.5 Å². The molecule has 0 unspecified atom stereocenters. The van der Waals surface area contributed by atoms with Crippen LogP contribution in [-0.4, -0.2) is 47.0 Å². The number of rotatable bonds is 6. The molecule has 3 aromatic heterocycles. The number of piperazine rings is 1. The summed E-state index contributed by atoms with van der Waals surface area (Å²) in [6, 6.07) is 14.8.